The summed E-state index contributed by atoms with van der Waals surface area (Å²) in [5.41, 5.74) is 1.10. The highest BCUT2D eigenvalue weighted by molar-refractivity contribution is 5.71. The fourth-order valence-corrected chi connectivity index (χ4v) is 1.23. The van der Waals surface area contributed by atoms with Gasteiger partial charge < -0.3 is 10.1 Å². The molecule has 0 saturated heterocycles. The summed E-state index contributed by atoms with van der Waals surface area (Å²) >= 11 is 0. The number of hydrogen-bond donors (Lipinski definition) is 1. The Morgan fingerprint density at radius 3 is 2.12 bits per heavy atom. The Morgan fingerprint density at radius 2 is 1.59 bits per heavy atom. The first-order valence-electron chi connectivity index (χ1n) is 5.47. The average Bonchev–Trinajstić information content (AvgIpc) is 2.36. The number of esters is 1. The fourth-order valence-electron chi connectivity index (χ4n) is 1.23. The molecule has 1 aromatic rings. The van der Waals surface area contributed by atoms with Crippen LogP contribution < -0.4 is 5.32 Å². The van der Waals surface area contributed by atoms with Crippen molar-refractivity contribution in [3.05, 3.63) is 60.2 Å². The van der Waals surface area contributed by atoms with Crippen molar-refractivity contribution in [2.45, 2.75) is 6.54 Å². The molecule has 0 heterocycles. The zero-order chi connectivity index (χ0) is 12.3. The highest BCUT2D eigenvalue weighted by Gasteiger charge is 1.97. The SMILES string of the molecule is COC(=O)CNCc1ccccccccc1. The van der Waals surface area contributed by atoms with Crippen LogP contribution in [-0.4, -0.2) is 19.6 Å². The van der Waals surface area contributed by atoms with E-state index >= 15 is 0 Å². The summed E-state index contributed by atoms with van der Waals surface area (Å²) in [6.45, 7) is 0.856. The number of nitrogens with one attached hydrogen (secondary N) is 1. The van der Waals surface area contributed by atoms with Gasteiger partial charge in [0, 0.05) is 6.54 Å². The molecule has 0 fully saturated rings. The van der Waals surface area contributed by atoms with Crippen LogP contribution in [0.3, 0.4) is 0 Å². The van der Waals surface area contributed by atoms with E-state index in [1.165, 1.54) is 7.11 Å². The summed E-state index contributed by atoms with van der Waals surface area (Å²) in [7, 11) is 1.38. The van der Waals surface area contributed by atoms with Gasteiger partial charge in [0.1, 0.15) is 0 Å². The van der Waals surface area contributed by atoms with Crippen molar-refractivity contribution in [3.63, 3.8) is 0 Å². The van der Waals surface area contributed by atoms with Crippen LogP contribution >= 0.6 is 0 Å². The second kappa shape index (κ2) is 8.30. The van der Waals surface area contributed by atoms with Crippen molar-refractivity contribution in [2.24, 2.45) is 0 Å². The van der Waals surface area contributed by atoms with Crippen molar-refractivity contribution in [2.75, 3.05) is 13.7 Å². The van der Waals surface area contributed by atoms with Crippen LogP contribution in [0.15, 0.2) is 54.6 Å². The summed E-state index contributed by atoms with van der Waals surface area (Å²) < 4.78 is 4.55. The van der Waals surface area contributed by atoms with Gasteiger partial charge in [-0.3, -0.25) is 4.79 Å². The third kappa shape index (κ3) is 6.33. The van der Waals surface area contributed by atoms with E-state index in [0.29, 0.717) is 6.54 Å². The molecule has 0 aliphatic rings. The normalized spacial score (nSPS) is 9.24. The first kappa shape index (κ1) is 13.2. The number of methoxy groups -OCH3 is 1. The molecule has 1 rings (SSSR count). The Balaban J connectivity index is 2.61. The summed E-state index contributed by atoms with van der Waals surface area (Å²) in [5, 5.41) is 3.02. The second-order valence-electron chi connectivity index (χ2n) is 3.44. The molecule has 0 spiro atoms. The van der Waals surface area contributed by atoms with E-state index in [9.17, 15) is 4.79 Å². The minimum atomic E-state index is -0.257. The van der Waals surface area contributed by atoms with Crippen molar-refractivity contribution >= 4 is 5.97 Å². The van der Waals surface area contributed by atoms with Gasteiger partial charge in [0.15, 0.2) is 0 Å². The third-order valence-electron chi connectivity index (χ3n) is 2.11. The number of ether oxygens (including phenoxy) is 1. The van der Waals surface area contributed by atoms with Gasteiger partial charge >= 0.3 is 5.97 Å². The zero-order valence-corrected chi connectivity index (χ0v) is 9.93. The zero-order valence-electron chi connectivity index (χ0n) is 9.93. The number of hydrogen-bond acceptors (Lipinski definition) is 3. The summed E-state index contributed by atoms with van der Waals surface area (Å²) in [5.74, 6) is -0.257. The maximum absolute atomic E-state index is 10.9. The van der Waals surface area contributed by atoms with Gasteiger partial charge in [-0.15, -0.1) is 0 Å². The van der Waals surface area contributed by atoms with E-state index in [0.717, 1.165) is 5.56 Å². The van der Waals surface area contributed by atoms with E-state index in [1.807, 2.05) is 54.6 Å². The van der Waals surface area contributed by atoms with Gasteiger partial charge in [0.2, 0.25) is 0 Å². The molecule has 0 unspecified atom stereocenters. The molecule has 0 aromatic heterocycles. The molecule has 0 aliphatic carbocycles. The van der Waals surface area contributed by atoms with E-state index in [2.05, 4.69) is 10.1 Å². The molecule has 3 heteroatoms. The molecule has 0 radical (unpaired) electrons. The molecule has 0 saturated carbocycles. The average molecular weight is 231 g/mol. The Labute approximate surface area is 102 Å². The van der Waals surface area contributed by atoms with E-state index in [-0.39, 0.29) is 12.5 Å². The van der Waals surface area contributed by atoms with Crippen LogP contribution in [-0.2, 0) is 16.1 Å². The van der Waals surface area contributed by atoms with Crippen LogP contribution in [0.4, 0.5) is 0 Å². The largest absolute Gasteiger partial charge is 0.468 e. The molecule has 0 amide bonds. The Hall–Kier alpha value is -1.87. The molecule has 17 heavy (non-hydrogen) atoms. The number of carbonyl (C=O) groups is 1. The molecule has 0 atom stereocenters. The van der Waals surface area contributed by atoms with Gasteiger partial charge in [0.05, 0.1) is 13.7 Å². The summed E-state index contributed by atoms with van der Waals surface area (Å²) in [6.07, 6.45) is 0. The number of rotatable bonds is 4. The van der Waals surface area contributed by atoms with Gasteiger partial charge in [-0.05, 0) is 5.56 Å². The highest BCUT2D eigenvalue weighted by atomic mass is 16.5. The van der Waals surface area contributed by atoms with Crippen LogP contribution in [0.25, 0.3) is 0 Å². The maximum atomic E-state index is 10.9. The van der Waals surface area contributed by atoms with Gasteiger partial charge in [-0.2, -0.15) is 0 Å². The predicted molar refractivity (Wildman–Crippen MR) is 67.8 cm³/mol. The first-order chi connectivity index (χ1) is 8.33. The molecule has 0 bridgehead atoms. The quantitative estimate of drug-likeness (QED) is 0.806. The lowest BCUT2D eigenvalue weighted by molar-refractivity contribution is -0.139. The standard InChI is InChI=1S/C14H17NO2/c1-17-14(16)12-15-11-13-9-7-5-3-2-4-6-8-10-13/h2-10,15H,11-12H2,1H3. The number of carbonyl (C=O) groups excluding carboxylic acids is 1. The Bertz CT molecular complexity index is 378. The van der Waals surface area contributed by atoms with Gasteiger partial charge in [0.25, 0.3) is 0 Å². The van der Waals surface area contributed by atoms with Crippen LogP contribution in [0, 0.1) is 0 Å². The van der Waals surface area contributed by atoms with E-state index in [4.69, 9.17) is 0 Å². The molecule has 1 N–H and O–H groups in total. The monoisotopic (exact) mass is 231 g/mol. The van der Waals surface area contributed by atoms with Gasteiger partial charge in [-0.1, -0.05) is 54.6 Å². The maximum Gasteiger partial charge on any atom is 0.319 e. The third-order valence-corrected chi connectivity index (χ3v) is 2.11. The van der Waals surface area contributed by atoms with E-state index < -0.39 is 0 Å². The van der Waals surface area contributed by atoms with Crippen molar-refractivity contribution in [3.8, 4) is 0 Å². The summed E-state index contributed by atoms with van der Waals surface area (Å²) in [6, 6.07) is 17.8. The van der Waals surface area contributed by atoms with Crippen molar-refractivity contribution in [1.82, 2.24) is 5.32 Å². The van der Waals surface area contributed by atoms with Gasteiger partial charge in [-0.25, -0.2) is 0 Å². The lowest BCUT2D eigenvalue weighted by Crippen LogP contribution is -2.23. The molecular weight excluding hydrogens is 214 g/mol. The minimum Gasteiger partial charge on any atom is -0.468 e. The Kier molecular flexibility index (Phi) is 6.44. The van der Waals surface area contributed by atoms with Crippen molar-refractivity contribution in [1.29, 1.82) is 0 Å². The molecular formula is C14H17NO2. The smallest absolute Gasteiger partial charge is 0.319 e. The topological polar surface area (TPSA) is 38.3 Å². The Morgan fingerprint density at radius 1 is 1.06 bits per heavy atom. The fraction of sp³-hybridized carbons (Fsp3) is 0.214. The minimum absolute atomic E-state index is 0.223. The van der Waals surface area contributed by atoms with Crippen LogP contribution in [0.1, 0.15) is 5.56 Å². The van der Waals surface area contributed by atoms with E-state index in [1.54, 1.807) is 0 Å². The first-order valence-corrected chi connectivity index (χ1v) is 5.47. The predicted octanol–water partition coefficient (Wildman–Crippen LogP) is 2.07. The highest BCUT2D eigenvalue weighted by Crippen LogP contribution is 1.94. The molecule has 90 valence electrons. The van der Waals surface area contributed by atoms with Crippen LogP contribution in [0.2, 0.25) is 0 Å². The lowest BCUT2D eigenvalue weighted by atomic mass is 10.2. The molecule has 1 aromatic carbocycles. The van der Waals surface area contributed by atoms with Crippen molar-refractivity contribution < 1.29 is 9.53 Å². The summed E-state index contributed by atoms with van der Waals surface area (Å²) in [4.78, 5) is 10.9. The second-order valence-corrected chi connectivity index (χ2v) is 3.44. The van der Waals surface area contributed by atoms with Crippen LogP contribution in [0.5, 0.6) is 0 Å². The molecule has 3 nitrogen and oxygen atoms in total. The molecule has 0 aliphatic heterocycles. The lowest BCUT2D eigenvalue weighted by Gasteiger charge is -2.01.